The van der Waals surface area contributed by atoms with Gasteiger partial charge in [-0.25, -0.2) is 4.39 Å². The molecule has 31 heavy (non-hydrogen) atoms. The standard InChI is InChI=1S/C25H33FN2O3/c1-24-7-2-8-25(16-30-25)22(24)13-19-20(23(29)31-21(19)14-24)15-27-9-11-28(12-10-27)18-5-3-17(26)4-6-18/h3-6,19-22H,2,7-16H2,1H3/t19-,20-,21+,22-,24+,25-/m0/s1. The van der Waals surface area contributed by atoms with Gasteiger partial charge in [0.15, 0.2) is 0 Å². The lowest BCUT2D eigenvalue weighted by Gasteiger charge is -2.51. The number of rotatable bonds is 3. The van der Waals surface area contributed by atoms with Crippen molar-refractivity contribution in [1.29, 1.82) is 0 Å². The van der Waals surface area contributed by atoms with E-state index in [9.17, 15) is 9.18 Å². The van der Waals surface area contributed by atoms with Crippen molar-refractivity contribution in [3.63, 3.8) is 0 Å². The number of benzene rings is 1. The van der Waals surface area contributed by atoms with Crippen LogP contribution in [0.2, 0.25) is 0 Å². The zero-order valence-corrected chi connectivity index (χ0v) is 18.4. The van der Waals surface area contributed by atoms with Crippen LogP contribution in [0.1, 0.15) is 39.0 Å². The molecular weight excluding hydrogens is 395 g/mol. The number of piperazine rings is 1. The minimum absolute atomic E-state index is 0.00959. The number of hydrogen-bond acceptors (Lipinski definition) is 5. The number of nitrogens with zero attached hydrogens (tertiary/aromatic N) is 2. The molecule has 2 saturated carbocycles. The van der Waals surface area contributed by atoms with E-state index in [4.69, 9.17) is 9.47 Å². The van der Waals surface area contributed by atoms with Gasteiger partial charge in [-0.15, -0.1) is 0 Å². The lowest BCUT2D eigenvalue weighted by atomic mass is 9.53. The van der Waals surface area contributed by atoms with Crippen LogP contribution in [0.25, 0.3) is 0 Å². The van der Waals surface area contributed by atoms with E-state index < -0.39 is 0 Å². The normalized spacial score (nSPS) is 42.3. The highest BCUT2D eigenvalue weighted by molar-refractivity contribution is 5.75. The van der Waals surface area contributed by atoms with Gasteiger partial charge in [0.1, 0.15) is 11.9 Å². The van der Waals surface area contributed by atoms with Crippen LogP contribution in [0, 0.1) is 29.0 Å². The Balaban J connectivity index is 1.11. The molecule has 0 unspecified atom stereocenters. The Morgan fingerprint density at radius 3 is 2.58 bits per heavy atom. The molecular formula is C25H33FN2O3. The molecule has 5 aliphatic rings. The third kappa shape index (κ3) is 3.37. The summed E-state index contributed by atoms with van der Waals surface area (Å²) < 4.78 is 25.2. The minimum atomic E-state index is -0.198. The van der Waals surface area contributed by atoms with Crippen molar-refractivity contribution in [2.24, 2.45) is 23.2 Å². The van der Waals surface area contributed by atoms with Crippen LogP contribution < -0.4 is 4.90 Å². The molecule has 6 rings (SSSR count). The zero-order chi connectivity index (χ0) is 21.2. The Kier molecular flexibility index (Phi) is 4.62. The molecule has 168 valence electrons. The number of hydrogen-bond donors (Lipinski definition) is 0. The number of carbonyl (C=O) groups is 1. The highest BCUT2D eigenvalue weighted by Gasteiger charge is 2.65. The van der Waals surface area contributed by atoms with Crippen molar-refractivity contribution in [1.82, 2.24) is 4.90 Å². The van der Waals surface area contributed by atoms with Crippen molar-refractivity contribution in [2.45, 2.75) is 50.7 Å². The zero-order valence-electron chi connectivity index (χ0n) is 18.4. The fourth-order valence-corrected chi connectivity index (χ4v) is 7.28. The quantitative estimate of drug-likeness (QED) is 0.545. The van der Waals surface area contributed by atoms with Crippen LogP contribution >= 0.6 is 0 Å². The molecule has 0 bridgehead atoms. The fourth-order valence-electron chi connectivity index (χ4n) is 7.28. The third-order valence-corrected chi connectivity index (χ3v) is 9.10. The van der Waals surface area contributed by atoms with E-state index in [1.54, 1.807) is 0 Å². The summed E-state index contributed by atoms with van der Waals surface area (Å²) in [7, 11) is 0. The van der Waals surface area contributed by atoms with E-state index in [-0.39, 0.29) is 34.8 Å². The predicted octanol–water partition coefficient (Wildman–Crippen LogP) is 3.47. The largest absolute Gasteiger partial charge is 0.462 e. The maximum Gasteiger partial charge on any atom is 0.310 e. The first-order valence-electron chi connectivity index (χ1n) is 12.0. The van der Waals surface area contributed by atoms with Crippen LogP contribution in [0.5, 0.6) is 0 Å². The van der Waals surface area contributed by atoms with Crippen molar-refractivity contribution >= 4 is 11.7 Å². The summed E-state index contributed by atoms with van der Waals surface area (Å²) in [5.74, 6) is 0.715. The summed E-state index contributed by atoms with van der Waals surface area (Å²) in [6.07, 6.45) is 5.84. The molecule has 6 heteroatoms. The molecule has 5 fully saturated rings. The van der Waals surface area contributed by atoms with Gasteiger partial charge >= 0.3 is 5.97 Å². The summed E-state index contributed by atoms with van der Waals surface area (Å²) in [6, 6.07) is 6.75. The average Bonchev–Trinajstić information content (AvgIpc) is 3.46. The van der Waals surface area contributed by atoms with E-state index >= 15 is 0 Å². The van der Waals surface area contributed by atoms with Crippen molar-refractivity contribution in [3.05, 3.63) is 30.1 Å². The molecule has 3 heterocycles. The second-order valence-electron chi connectivity index (χ2n) is 10.9. The molecule has 6 atom stereocenters. The number of anilines is 1. The molecule has 3 saturated heterocycles. The summed E-state index contributed by atoms with van der Waals surface area (Å²) in [4.78, 5) is 17.6. The van der Waals surface area contributed by atoms with Gasteiger partial charge in [-0.2, -0.15) is 0 Å². The molecule has 1 aromatic rings. The van der Waals surface area contributed by atoms with Gasteiger partial charge in [0.05, 0.1) is 18.1 Å². The maximum absolute atomic E-state index is 13.2. The maximum atomic E-state index is 13.2. The second-order valence-corrected chi connectivity index (χ2v) is 10.9. The third-order valence-electron chi connectivity index (χ3n) is 9.10. The van der Waals surface area contributed by atoms with Gasteiger partial charge in [0, 0.05) is 44.3 Å². The molecule has 5 nitrogen and oxygen atoms in total. The van der Waals surface area contributed by atoms with Gasteiger partial charge in [0.25, 0.3) is 0 Å². The first-order valence-corrected chi connectivity index (χ1v) is 12.0. The number of carbonyl (C=O) groups excluding carboxylic acids is 1. The van der Waals surface area contributed by atoms with Gasteiger partial charge in [-0.05, 0) is 67.7 Å². The molecule has 0 N–H and O–H groups in total. The van der Waals surface area contributed by atoms with E-state index in [2.05, 4.69) is 16.7 Å². The molecule has 0 amide bonds. The van der Waals surface area contributed by atoms with Crippen LogP contribution in [-0.2, 0) is 14.3 Å². The predicted molar refractivity (Wildman–Crippen MR) is 115 cm³/mol. The summed E-state index contributed by atoms with van der Waals surface area (Å²) >= 11 is 0. The van der Waals surface area contributed by atoms with E-state index in [0.717, 1.165) is 57.9 Å². The molecule has 1 spiro atoms. The molecule has 3 aliphatic heterocycles. The van der Waals surface area contributed by atoms with Crippen LogP contribution in [-0.4, -0.2) is 61.9 Å². The van der Waals surface area contributed by atoms with Gasteiger partial charge in [-0.1, -0.05) is 6.92 Å². The highest BCUT2D eigenvalue weighted by atomic mass is 19.1. The topological polar surface area (TPSA) is 45.3 Å². The van der Waals surface area contributed by atoms with Gasteiger partial charge in [0.2, 0.25) is 0 Å². The Labute approximate surface area is 183 Å². The molecule has 0 aromatic heterocycles. The molecule has 1 aromatic carbocycles. The number of epoxide rings is 1. The van der Waals surface area contributed by atoms with Crippen molar-refractivity contribution < 1.29 is 18.7 Å². The summed E-state index contributed by atoms with van der Waals surface area (Å²) in [5, 5.41) is 0. The van der Waals surface area contributed by atoms with E-state index in [0.29, 0.717) is 11.8 Å². The number of halogens is 1. The summed E-state index contributed by atoms with van der Waals surface area (Å²) in [5.41, 5.74) is 1.43. The fraction of sp³-hybridized carbons (Fsp3) is 0.720. The Morgan fingerprint density at radius 2 is 1.87 bits per heavy atom. The van der Waals surface area contributed by atoms with Crippen molar-refractivity contribution in [2.75, 3.05) is 44.2 Å². The Bertz CT molecular complexity index is 849. The minimum Gasteiger partial charge on any atom is -0.462 e. The Hall–Kier alpha value is -1.66. The number of ether oxygens (including phenoxy) is 2. The first-order chi connectivity index (χ1) is 15.0. The molecule has 0 radical (unpaired) electrons. The van der Waals surface area contributed by atoms with Crippen molar-refractivity contribution in [3.8, 4) is 0 Å². The Morgan fingerprint density at radius 1 is 1.13 bits per heavy atom. The molecule has 2 aliphatic carbocycles. The van der Waals surface area contributed by atoms with E-state index in [1.807, 2.05) is 12.1 Å². The van der Waals surface area contributed by atoms with E-state index in [1.165, 1.54) is 31.4 Å². The number of fused-ring (bicyclic) bond motifs is 3. The smallest absolute Gasteiger partial charge is 0.310 e. The van der Waals surface area contributed by atoms with Crippen LogP contribution in [0.3, 0.4) is 0 Å². The van der Waals surface area contributed by atoms with Gasteiger partial charge in [-0.3, -0.25) is 9.69 Å². The number of esters is 1. The lowest BCUT2D eigenvalue weighted by Crippen LogP contribution is -2.52. The highest BCUT2D eigenvalue weighted by Crippen LogP contribution is 2.62. The SMILES string of the molecule is C[C@]12CCC[C@]3(CO3)[C@H]1C[C@H]1[C@H](CN3CCN(c4ccc(F)cc4)CC3)C(=O)O[C@@H]1C2. The lowest BCUT2D eigenvalue weighted by molar-refractivity contribution is -0.147. The monoisotopic (exact) mass is 428 g/mol. The van der Waals surface area contributed by atoms with Gasteiger partial charge < -0.3 is 14.4 Å². The van der Waals surface area contributed by atoms with Crippen LogP contribution in [0.15, 0.2) is 24.3 Å². The summed E-state index contributed by atoms with van der Waals surface area (Å²) in [6.45, 7) is 7.77. The average molecular weight is 429 g/mol. The van der Waals surface area contributed by atoms with Crippen LogP contribution in [0.4, 0.5) is 10.1 Å². The first kappa shape index (κ1) is 20.0. The second kappa shape index (κ2) is 7.17.